The lowest BCUT2D eigenvalue weighted by atomic mass is 10.1. The van der Waals surface area contributed by atoms with Crippen LogP contribution in [0.5, 0.6) is 11.5 Å². The van der Waals surface area contributed by atoms with Gasteiger partial charge in [-0.2, -0.15) is 0 Å². The van der Waals surface area contributed by atoms with Crippen molar-refractivity contribution >= 4 is 45.7 Å². The van der Waals surface area contributed by atoms with Gasteiger partial charge in [0.05, 0.1) is 30.4 Å². The molecule has 0 unspecified atom stereocenters. The third-order valence-electron chi connectivity index (χ3n) is 4.51. The van der Waals surface area contributed by atoms with Crippen LogP contribution in [0.1, 0.15) is 5.56 Å². The topological polar surface area (TPSA) is 80.2 Å². The Bertz CT molecular complexity index is 1060. The van der Waals surface area contributed by atoms with Crippen LogP contribution < -0.4 is 19.7 Å². The van der Waals surface area contributed by atoms with Crippen LogP contribution in [0.25, 0.3) is 5.57 Å². The second kappa shape index (κ2) is 7.05. The molecule has 1 saturated heterocycles. The van der Waals surface area contributed by atoms with Gasteiger partial charge in [0.15, 0.2) is 5.17 Å². The number of amidine groups is 1. The van der Waals surface area contributed by atoms with Gasteiger partial charge < -0.3 is 19.7 Å². The minimum Gasteiger partial charge on any atom is -0.497 e. The van der Waals surface area contributed by atoms with Crippen molar-refractivity contribution in [2.24, 2.45) is 4.99 Å². The summed E-state index contributed by atoms with van der Waals surface area (Å²) in [6, 6.07) is 12.6. The molecule has 2 aromatic rings. The van der Waals surface area contributed by atoms with E-state index in [1.165, 1.54) is 7.11 Å². The van der Waals surface area contributed by atoms with Gasteiger partial charge in [-0.05, 0) is 30.0 Å². The number of carbonyl (C=O) groups excluding carboxylic acids is 2. The summed E-state index contributed by atoms with van der Waals surface area (Å²) in [6.07, 6.45) is 0. The van der Waals surface area contributed by atoms with Crippen LogP contribution in [-0.2, 0) is 9.59 Å². The number of likely N-dealkylation sites (N-methyl/N-ethyl adjacent to an activating group) is 1. The number of anilines is 1. The highest BCUT2D eigenvalue weighted by Gasteiger charge is 2.37. The second-order valence-corrected chi connectivity index (χ2v) is 7.10. The first kappa shape index (κ1) is 18.1. The van der Waals surface area contributed by atoms with Crippen LogP contribution in [0.2, 0.25) is 0 Å². The van der Waals surface area contributed by atoms with Crippen LogP contribution >= 0.6 is 11.8 Å². The highest BCUT2D eigenvalue weighted by Crippen LogP contribution is 2.42. The fourth-order valence-corrected chi connectivity index (χ4v) is 4.04. The molecule has 0 saturated carbocycles. The number of hydrogen-bond acceptors (Lipinski definition) is 6. The summed E-state index contributed by atoms with van der Waals surface area (Å²) in [5.74, 6) is 0.611. The number of benzene rings is 2. The van der Waals surface area contributed by atoms with Gasteiger partial charge in [-0.25, -0.2) is 4.99 Å². The number of fused-ring (bicyclic) bond motifs is 1. The van der Waals surface area contributed by atoms with Gasteiger partial charge in [-0.1, -0.05) is 18.2 Å². The zero-order valence-electron chi connectivity index (χ0n) is 15.5. The van der Waals surface area contributed by atoms with Crippen molar-refractivity contribution in [2.75, 3.05) is 26.2 Å². The molecule has 0 bridgehead atoms. The number of rotatable bonds is 3. The van der Waals surface area contributed by atoms with Crippen LogP contribution in [0.3, 0.4) is 0 Å². The zero-order chi connectivity index (χ0) is 19.8. The highest BCUT2D eigenvalue weighted by atomic mass is 32.2. The molecule has 28 heavy (non-hydrogen) atoms. The van der Waals surface area contributed by atoms with Crippen LogP contribution in [-0.4, -0.2) is 38.2 Å². The Hall–Kier alpha value is -3.26. The van der Waals surface area contributed by atoms with Crippen molar-refractivity contribution in [3.63, 3.8) is 0 Å². The lowest BCUT2D eigenvalue weighted by Gasteiger charge is -2.08. The maximum absolute atomic E-state index is 12.7. The molecule has 0 aliphatic carbocycles. The second-order valence-electron chi connectivity index (χ2n) is 6.10. The number of nitrogens with zero attached hydrogens (tertiary/aromatic N) is 2. The van der Waals surface area contributed by atoms with Crippen molar-refractivity contribution < 1.29 is 19.1 Å². The monoisotopic (exact) mass is 395 g/mol. The maximum Gasteiger partial charge on any atom is 0.264 e. The Morgan fingerprint density at radius 1 is 1.07 bits per heavy atom. The number of aliphatic imine (C=N–C) groups is 1. The molecule has 2 heterocycles. The fraction of sp³-hybridized carbons (Fsp3) is 0.150. The predicted molar refractivity (Wildman–Crippen MR) is 109 cm³/mol. The molecule has 8 heteroatoms. The molecule has 1 N–H and O–H groups in total. The summed E-state index contributed by atoms with van der Waals surface area (Å²) in [5, 5.41) is 3.12. The number of methoxy groups -OCH3 is 2. The number of hydrogen-bond donors (Lipinski definition) is 1. The van der Waals surface area contributed by atoms with E-state index in [1.807, 2.05) is 24.3 Å². The summed E-state index contributed by atoms with van der Waals surface area (Å²) in [7, 11) is 4.80. The van der Waals surface area contributed by atoms with E-state index in [2.05, 4.69) is 10.3 Å². The Balaban J connectivity index is 1.74. The van der Waals surface area contributed by atoms with E-state index in [4.69, 9.17) is 9.47 Å². The number of nitrogens with one attached hydrogen (secondary N) is 1. The Morgan fingerprint density at radius 3 is 2.61 bits per heavy atom. The standard InChI is InChI=1S/C20H17N3O4S/c1-23-14-7-5-4-6-12(14)16(19(23)25)17-18(24)22-20(28-17)21-13-9-8-11(26-2)10-15(13)27-3/h4-10H,1-3H3,(H,21,22,24)/b17-16-. The summed E-state index contributed by atoms with van der Waals surface area (Å²) >= 11 is 1.14. The van der Waals surface area contributed by atoms with E-state index < -0.39 is 0 Å². The normalized spacial score (nSPS) is 19.8. The van der Waals surface area contributed by atoms with Crippen molar-refractivity contribution in [3.05, 3.63) is 52.9 Å². The molecule has 2 aliphatic rings. The molecule has 2 aromatic carbocycles. The minimum atomic E-state index is -0.343. The van der Waals surface area contributed by atoms with Crippen molar-refractivity contribution in [1.82, 2.24) is 5.32 Å². The fourth-order valence-electron chi connectivity index (χ4n) is 3.11. The molecule has 2 aliphatic heterocycles. The van der Waals surface area contributed by atoms with Crippen LogP contribution in [0.4, 0.5) is 11.4 Å². The van der Waals surface area contributed by atoms with Crippen LogP contribution in [0.15, 0.2) is 52.4 Å². The van der Waals surface area contributed by atoms with Crippen molar-refractivity contribution in [3.8, 4) is 11.5 Å². The first-order chi connectivity index (χ1) is 13.5. The van der Waals surface area contributed by atoms with E-state index in [9.17, 15) is 9.59 Å². The zero-order valence-corrected chi connectivity index (χ0v) is 16.3. The van der Waals surface area contributed by atoms with Gasteiger partial charge in [0.1, 0.15) is 17.2 Å². The molecule has 0 spiro atoms. The molecular formula is C20H17N3O4S. The molecule has 0 radical (unpaired) electrons. The molecule has 7 nitrogen and oxygen atoms in total. The van der Waals surface area contributed by atoms with E-state index in [0.717, 1.165) is 23.0 Å². The Labute approximate surface area is 166 Å². The van der Waals surface area contributed by atoms with E-state index in [-0.39, 0.29) is 11.8 Å². The SMILES string of the molecule is COc1ccc(N=C2NC(=O)/C(=C3/C(=O)N(C)c4ccccc43)S2)c(OC)c1. The molecule has 4 rings (SSSR count). The lowest BCUT2D eigenvalue weighted by Crippen LogP contribution is -2.23. The average molecular weight is 395 g/mol. The summed E-state index contributed by atoms with van der Waals surface area (Å²) in [4.78, 5) is 31.7. The first-order valence-electron chi connectivity index (χ1n) is 8.45. The van der Waals surface area contributed by atoms with Gasteiger partial charge in [0, 0.05) is 18.7 Å². The Morgan fingerprint density at radius 2 is 1.86 bits per heavy atom. The van der Waals surface area contributed by atoms with Crippen LogP contribution in [0, 0.1) is 0 Å². The minimum absolute atomic E-state index is 0.206. The highest BCUT2D eigenvalue weighted by molar-refractivity contribution is 8.18. The van der Waals surface area contributed by atoms with Gasteiger partial charge in [-0.15, -0.1) is 0 Å². The summed E-state index contributed by atoms with van der Waals surface area (Å²) in [6.45, 7) is 0. The quantitative estimate of drug-likeness (QED) is 0.809. The summed E-state index contributed by atoms with van der Waals surface area (Å²) < 4.78 is 10.5. The lowest BCUT2D eigenvalue weighted by molar-refractivity contribution is -0.116. The number of thioether (sulfide) groups is 1. The number of carbonyl (C=O) groups is 2. The van der Waals surface area contributed by atoms with Gasteiger partial charge in [0.25, 0.3) is 11.8 Å². The smallest absolute Gasteiger partial charge is 0.264 e. The molecule has 142 valence electrons. The largest absolute Gasteiger partial charge is 0.497 e. The first-order valence-corrected chi connectivity index (χ1v) is 9.26. The molecule has 0 aromatic heterocycles. The third-order valence-corrected chi connectivity index (χ3v) is 5.49. The maximum atomic E-state index is 12.7. The molecule has 1 fully saturated rings. The van der Waals surface area contributed by atoms with Gasteiger partial charge in [0.2, 0.25) is 0 Å². The van der Waals surface area contributed by atoms with Crippen molar-refractivity contribution in [1.29, 1.82) is 0 Å². The Kier molecular flexibility index (Phi) is 4.56. The van der Waals surface area contributed by atoms with Gasteiger partial charge in [-0.3, -0.25) is 9.59 Å². The number of para-hydroxylation sites is 1. The van der Waals surface area contributed by atoms with Gasteiger partial charge >= 0.3 is 0 Å². The average Bonchev–Trinajstić information content (AvgIpc) is 3.19. The molecular weight excluding hydrogens is 378 g/mol. The number of amides is 2. The van der Waals surface area contributed by atoms with E-state index in [0.29, 0.717) is 32.8 Å². The molecule has 0 atom stereocenters. The number of ether oxygens (including phenoxy) is 2. The van der Waals surface area contributed by atoms with Crippen molar-refractivity contribution in [2.45, 2.75) is 0 Å². The summed E-state index contributed by atoms with van der Waals surface area (Å²) in [5.41, 5.74) is 2.47. The predicted octanol–water partition coefficient (Wildman–Crippen LogP) is 2.94. The van der Waals surface area contributed by atoms with E-state index >= 15 is 0 Å². The van der Waals surface area contributed by atoms with E-state index in [1.54, 1.807) is 37.3 Å². The molecule has 2 amide bonds. The third kappa shape index (κ3) is 2.91.